The van der Waals surface area contributed by atoms with Gasteiger partial charge in [0.2, 0.25) is 0 Å². The van der Waals surface area contributed by atoms with Gasteiger partial charge in [-0.15, -0.1) is 0 Å². The zero-order valence-corrected chi connectivity index (χ0v) is 11.4. The number of aryl methyl sites for hydroxylation is 1. The van der Waals surface area contributed by atoms with Gasteiger partial charge < -0.3 is 18.9 Å². The lowest BCUT2D eigenvalue weighted by atomic mass is 10.0. The van der Waals surface area contributed by atoms with Crippen molar-refractivity contribution in [1.82, 2.24) is 0 Å². The molecule has 4 nitrogen and oxygen atoms in total. The smallest absolute Gasteiger partial charge is 0.188 e. The fourth-order valence-corrected chi connectivity index (χ4v) is 1.62. The summed E-state index contributed by atoms with van der Waals surface area (Å²) < 4.78 is 21.0. The Balaban J connectivity index is 3.15. The molecule has 0 aliphatic heterocycles. The lowest BCUT2D eigenvalue weighted by molar-refractivity contribution is 0.0453. The first-order chi connectivity index (χ1) is 8.61. The van der Waals surface area contributed by atoms with Crippen LogP contribution >= 0.6 is 0 Å². The second-order valence-corrected chi connectivity index (χ2v) is 3.97. The molecule has 0 atom stereocenters. The molecule has 0 saturated carbocycles. The molecule has 0 aromatic heterocycles. The van der Waals surface area contributed by atoms with E-state index in [1.165, 1.54) is 0 Å². The fourth-order valence-electron chi connectivity index (χ4n) is 1.62. The van der Waals surface area contributed by atoms with E-state index >= 15 is 0 Å². The number of ether oxygens (including phenoxy) is 4. The molecule has 0 bridgehead atoms. The molecule has 0 spiro atoms. The van der Waals surface area contributed by atoms with Gasteiger partial charge in [0.25, 0.3) is 0 Å². The van der Waals surface area contributed by atoms with Gasteiger partial charge in [-0.3, -0.25) is 0 Å². The van der Waals surface area contributed by atoms with E-state index in [9.17, 15) is 0 Å². The number of allylic oxidation sites excluding steroid dienone is 1. The lowest BCUT2D eigenvalue weighted by Gasteiger charge is -2.17. The normalized spacial score (nSPS) is 10.2. The van der Waals surface area contributed by atoms with E-state index in [4.69, 9.17) is 18.9 Å². The van der Waals surface area contributed by atoms with E-state index in [0.717, 1.165) is 22.4 Å². The predicted octanol–water partition coefficient (Wildman–Crippen LogP) is 2.99. The Bertz CT molecular complexity index is 413. The number of hydrogen-bond acceptors (Lipinski definition) is 4. The van der Waals surface area contributed by atoms with Crippen LogP contribution in [0.5, 0.6) is 11.5 Å². The molecular formula is C14H20O4. The minimum atomic E-state index is 0.188. The molecular weight excluding hydrogens is 232 g/mol. The molecule has 1 rings (SSSR count). The van der Waals surface area contributed by atoms with Crippen molar-refractivity contribution < 1.29 is 18.9 Å². The van der Waals surface area contributed by atoms with Gasteiger partial charge in [-0.05, 0) is 31.1 Å². The Kier molecular flexibility index (Phi) is 5.68. The van der Waals surface area contributed by atoms with Crippen LogP contribution in [0.3, 0.4) is 0 Å². The Labute approximate surface area is 108 Å². The van der Waals surface area contributed by atoms with Crippen molar-refractivity contribution in [1.29, 1.82) is 0 Å². The molecule has 0 amide bonds. The molecule has 0 radical (unpaired) electrons. The third-order valence-electron chi connectivity index (χ3n) is 2.40. The Morgan fingerprint density at radius 3 is 2.28 bits per heavy atom. The lowest BCUT2D eigenvalue weighted by Crippen LogP contribution is -2.06. The van der Waals surface area contributed by atoms with E-state index in [1.54, 1.807) is 14.2 Å². The van der Waals surface area contributed by atoms with Crippen LogP contribution in [-0.2, 0) is 9.47 Å². The van der Waals surface area contributed by atoms with Crippen molar-refractivity contribution in [2.45, 2.75) is 13.8 Å². The molecule has 0 N–H and O–H groups in total. The molecule has 4 heteroatoms. The SMILES string of the molecule is C=C(C)c1c(OCOC)ccc(C)c1OCOC. The van der Waals surface area contributed by atoms with Crippen molar-refractivity contribution in [3.05, 3.63) is 29.8 Å². The highest BCUT2D eigenvalue weighted by atomic mass is 16.7. The quantitative estimate of drug-likeness (QED) is 0.699. The molecule has 0 saturated heterocycles. The first-order valence-electron chi connectivity index (χ1n) is 5.64. The largest absolute Gasteiger partial charge is 0.467 e. The van der Waals surface area contributed by atoms with Gasteiger partial charge in [-0.1, -0.05) is 12.6 Å². The second kappa shape index (κ2) is 7.03. The van der Waals surface area contributed by atoms with Crippen LogP contribution in [0.25, 0.3) is 5.57 Å². The molecule has 1 aromatic carbocycles. The van der Waals surface area contributed by atoms with E-state index in [2.05, 4.69) is 6.58 Å². The molecule has 0 aliphatic rings. The maximum atomic E-state index is 5.60. The van der Waals surface area contributed by atoms with Gasteiger partial charge in [0.1, 0.15) is 11.5 Å². The standard InChI is InChI=1S/C14H20O4/c1-10(2)13-12(17-8-15-4)7-6-11(3)14(13)18-9-16-5/h6-7H,1,8-9H2,2-5H3. The first kappa shape index (κ1) is 14.5. The maximum Gasteiger partial charge on any atom is 0.188 e. The summed E-state index contributed by atoms with van der Waals surface area (Å²) in [5.41, 5.74) is 2.73. The molecule has 0 fully saturated rings. The molecule has 0 unspecified atom stereocenters. The Morgan fingerprint density at radius 2 is 1.72 bits per heavy atom. The summed E-state index contributed by atoms with van der Waals surface area (Å²) in [4.78, 5) is 0. The van der Waals surface area contributed by atoms with Crippen LogP contribution < -0.4 is 9.47 Å². The van der Waals surface area contributed by atoms with Crippen molar-refractivity contribution in [2.75, 3.05) is 27.8 Å². The van der Waals surface area contributed by atoms with Gasteiger partial charge in [0.05, 0.1) is 5.56 Å². The van der Waals surface area contributed by atoms with Crippen LogP contribution in [0.15, 0.2) is 18.7 Å². The topological polar surface area (TPSA) is 36.9 Å². The van der Waals surface area contributed by atoms with Crippen molar-refractivity contribution in [3.63, 3.8) is 0 Å². The molecule has 100 valence electrons. The van der Waals surface area contributed by atoms with E-state index < -0.39 is 0 Å². The van der Waals surface area contributed by atoms with Crippen molar-refractivity contribution in [2.24, 2.45) is 0 Å². The van der Waals surface area contributed by atoms with Gasteiger partial charge in [0, 0.05) is 14.2 Å². The van der Waals surface area contributed by atoms with E-state index in [1.807, 2.05) is 26.0 Å². The van der Waals surface area contributed by atoms with E-state index in [0.29, 0.717) is 5.75 Å². The van der Waals surface area contributed by atoms with Crippen LogP contribution in [0.2, 0.25) is 0 Å². The van der Waals surface area contributed by atoms with Gasteiger partial charge in [-0.25, -0.2) is 0 Å². The minimum absolute atomic E-state index is 0.188. The van der Waals surface area contributed by atoms with Gasteiger partial charge in [-0.2, -0.15) is 0 Å². The van der Waals surface area contributed by atoms with Crippen LogP contribution in [0.4, 0.5) is 0 Å². The highest BCUT2D eigenvalue weighted by Crippen LogP contribution is 2.36. The van der Waals surface area contributed by atoms with Crippen LogP contribution in [-0.4, -0.2) is 27.8 Å². The number of rotatable bonds is 7. The van der Waals surface area contributed by atoms with Gasteiger partial charge in [0.15, 0.2) is 13.6 Å². The zero-order valence-electron chi connectivity index (χ0n) is 11.4. The fraction of sp³-hybridized carbons (Fsp3) is 0.429. The summed E-state index contributed by atoms with van der Waals surface area (Å²) >= 11 is 0. The summed E-state index contributed by atoms with van der Waals surface area (Å²) in [5.74, 6) is 1.43. The van der Waals surface area contributed by atoms with Crippen LogP contribution in [0.1, 0.15) is 18.1 Å². The highest BCUT2D eigenvalue weighted by Gasteiger charge is 2.14. The monoisotopic (exact) mass is 252 g/mol. The van der Waals surface area contributed by atoms with Gasteiger partial charge >= 0.3 is 0 Å². The number of benzene rings is 1. The minimum Gasteiger partial charge on any atom is -0.467 e. The Hall–Kier alpha value is -1.52. The van der Waals surface area contributed by atoms with Crippen LogP contribution in [0, 0.1) is 6.92 Å². The number of methoxy groups -OCH3 is 2. The summed E-state index contributed by atoms with van der Waals surface area (Å²) in [7, 11) is 3.16. The van der Waals surface area contributed by atoms with Crippen molar-refractivity contribution in [3.8, 4) is 11.5 Å². The predicted molar refractivity (Wildman–Crippen MR) is 70.9 cm³/mol. The average Bonchev–Trinajstić information content (AvgIpc) is 2.35. The average molecular weight is 252 g/mol. The second-order valence-electron chi connectivity index (χ2n) is 3.97. The molecule has 0 heterocycles. The summed E-state index contributed by atoms with van der Waals surface area (Å²) in [6.07, 6.45) is 0. The van der Waals surface area contributed by atoms with E-state index in [-0.39, 0.29) is 13.6 Å². The Morgan fingerprint density at radius 1 is 1.11 bits per heavy atom. The molecule has 1 aromatic rings. The summed E-state index contributed by atoms with van der Waals surface area (Å²) in [5, 5.41) is 0. The third kappa shape index (κ3) is 3.48. The maximum absolute atomic E-state index is 5.60. The summed E-state index contributed by atoms with van der Waals surface area (Å²) in [6.45, 7) is 8.22. The third-order valence-corrected chi connectivity index (χ3v) is 2.40. The highest BCUT2D eigenvalue weighted by molar-refractivity contribution is 5.74. The molecule has 0 aliphatic carbocycles. The molecule has 18 heavy (non-hydrogen) atoms. The summed E-state index contributed by atoms with van der Waals surface area (Å²) in [6, 6.07) is 3.82. The number of hydrogen-bond donors (Lipinski definition) is 0. The first-order valence-corrected chi connectivity index (χ1v) is 5.64. The van der Waals surface area contributed by atoms with Crippen molar-refractivity contribution >= 4 is 5.57 Å². The zero-order chi connectivity index (χ0) is 13.5.